The van der Waals surface area contributed by atoms with Crippen molar-refractivity contribution in [1.82, 2.24) is 5.32 Å². The second kappa shape index (κ2) is 5.14. The Hall–Kier alpha value is -1.06. The zero-order valence-electron chi connectivity index (χ0n) is 8.77. The van der Waals surface area contributed by atoms with Crippen molar-refractivity contribution < 1.29 is 4.42 Å². The van der Waals surface area contributed by atoms with E-state index in [2.05, 4.69) is 29.8 Å². The van der Waals surface area contributed by atoms with Gasteiger partial charge in [0, 0.05) is 23.0 Å². The largest absolute Gasteiger partial charge is 0.472 e. The van der Waals surface area contributed by atoms with Crippen molar-refractivity contribution in [2.75, 3.05) is 0 Å². The van der Waals surface area contributed by atoms with Crippen molar-refractivity contribution in [3.8, 4) is 0 Å². The van der Waals surface area contributed by atoms with Crippen LogP contribution >= 0.6 is 11.3 Å². The van der Waals surface area contributed by atoms with Crippen LogP contribution in [0.3, 0.4) is 0 Å². The average molecular weight is 221 g/mol. The number of thiophene rings is 1. The molecular formula is C12H15NOS. The summed E-state index contributed by atoms with van der Waals surface area (Å²) in [4.78, 5) is 1.40. The molecule has 0 fully saturated rings. The fourth-order valence-corrected chi connectivity index (χ4v) is 2.46. The Kier molecular flexibility index (Phi) is 3.59. The second-order valence-corrected chi connectivity index (χ2v) is 4.47. The minimum atomic E-state index is 0.458. The molecule has 2 aromatic heterocycles. The summed E-state index contributed by atoms with van der Waals surface area (Å²) in [5.74, 6) is 0. The Labute approximate surface area is 93.9 Å². The molecule has 0 aromatic carbocycles. The van der Waals surface area contributed by atoms with Crippen molar-refractivity contribution in [2.45, 2.75) is 25.9 Å². The maximum absolute atomic E-state index is 5.03. The van der Waals surface area contributed by atoms with Gasteiger partial charge < -0.3 is 9.73 Å². The average Bonchev–Trinajstić information content (AvgIpc) is 2.90. The molecule has 80 valence electrons. The minimum absolute atomic E-state index is 0.458. The molecule has 1 unspecified atom stereocenters. The smallest absolute Gasteiger partial charge is 0.0947 e. The normalized spacial score (nSPS) is 12.9. The van der Waals surface area contributed by atoms with Gasteiger partial charge in [0.2, 0.25) is 0 Å². The maximum Gasteiger partial charge on any atom is 0.0947 e. The minimum Gasteiger partial charge on any atom is -0.472 e. The van der Waals surface area contributed by atoms with Gasteiger partial charge in [-0.1, -0.05) is 13.0 Å². The molecule has 0 radical (unpaired) electrons. The van der Waals surface area contributed by atoms with E-state index in [0.29, 0.717) is 6.04 Å². The second-order valence-electron chi connectivity index (χ2n) is 3.49. The van der Waals surface area contributed by atoms with Crippen molar-refractivity contribution in [1.29, 1.82) is 0 Å². The molecule has 15 heavy (non-hydrogen) atoms. The van der Waals surface area contributed by atoms with Crippen LogP contribution in [0.25, 0.3) is 0 Å². The van der Waals surface area contributed by atoms with Crippen LogP contribution in [0.1, 0.15) is 29.8 Å². The van der Waals surface area contributed by atoms with E-state index in [1.54, 1.807) is 23.9 Å². The first-order valence-electron chi connectivity index (χ1n) is 5.18. The molecule has 0 saturated heterocycles. The van der Waals surface area contributed by atoms with Gasteiger partial charge in [-0.05, 0) is 23.9 Å². The highest BCUT2D eigenvalue weighted by Crippen LogP contribution is 2.21. The summed E-state index contributed by atoms with van der Waals surface area (Å²) in [6, 6.07) is 6.73. The van der Waals surface area contributed by atoms with E-state index in [9.17, 15) is 0 Å². The van der Waals surface area contributed by atoms with E-state index < -0.39 is 0 Å². The molecule has 1 atom stereocenters. The lowest BCUT2D eigenvalue weighted by Gasteiger charge is -2.14. The van der Waals surface area contributed by atoms with Crippen molar-refractivity contribution in [3.63, 3.8) is 0 Å². The molecule has 0 aliphatic carbocycles. The lowest BCUT2D eigenvalue weighted by molar-refractivity contribution is 0.518. The summed E-state index contributed by atoms with van der Waals surface area (Å²) >= 11 is 1.81. The van der Waals surface area contributed by atoms with Crippen LogP contribution in [0.2, 0.25) is 0 Å². The Morgan fingerprint density at radius 3 is 3.00 bits per heavy atom. The van der Waals surface area contributed by atoms with Crippen molar-refractivity contribution in [3.05, 3.63) is 46.5 Å². The zero-order chi connectivity index (χ0) is 10.5. The summed E-state index contributed by atoms with van der Waals surface area (Å²) in [5.41, 5.74) is 1.20. The molecule has 1 N–H and O–H groups in total. The zero-order valence-corrected chi connectivity index (χ0v) is 9.59. The fraction of sp³-hybridized carbons (Fsp3) is 0.333. The summed E-state index contributed by atoms with van der Waals surface area (Å²) < 4.78 is 5.03. The van der Waals surface area contributed by atoms with Gasteiger partial charge in [-0.3, -0.25) is 0 Å². The van der Waals surface area contributed by atoms with E-state index >= 15 is 0 Å². The highest BCUT2D eigenvalue weighted by atomic mass is 32.1. The van der Waals surface area contributed by atoms with Crippen LogP contribution in [0, 0.1) is 0 Å². The molecule has 3 heteroatoms. The number of nitrogens with one attached hydrogen (secondary N) is 1. The third-order valence-corrected chi connectivity index (χ3v) is 3.41. The van der Waals surface area contributed by atoms with Crippen LogP contribution in [0.4, 0.5) is 0 Å². The SMILES string of the molecule is CCC(NCc1ccoc1)c1cccs1. The quantitative estimate of drug-likeness (QED) is 0.834. The molecule has 2 rings (SSSR count). The summed E-state index contributed by atoms with van der Waals surface area (Å²) in [5, 5.41) is 5.65. The first-order chi connectivity index (χ1) is 7.40. The van der Waals surface area contributed by atoms with Crippen LogP contribution in [0.5, 0.6) is 0 Å². The Morgan fingerprint density at radius 2 is 2.40 bits per heavy atom. The summed E-state index contributed by atoms with van der Waals surface area (Å²) in [6.07, 6.45) is 4.61. The van der Waals surface area contributed by atoms with Gasteiger partial charge in [0.15, 0.2) is 0 Å². The van der Waals surface area contributed by atoms with Crippen LogP contribution in [-0.4, -0.2) is 0 Å². The lowest BCUT2D eigenvalue weighted by atomic mass is 10.2. The number of furan rings is 1. The number of rotatable bonds is 5. The van der Waals surface area contributed by atoms with Crippen LogP contribution in [0.15, 0.2) is 40.5 Å². The summed E-state index contributed by atoms with van der Waals surface area (Å²) in [6.45, 7) is 3.07. The van der Waals surface area contributed by atoms with Gasteiger partial charge in [0.05, 0.1) is 12.5 Å². The molecule has 0 bridgehead atoms. The van der Waals surface area contributed by atoms with Gasteiger partial charge in [0.25, 0.3) is 0 Å². The van der Waals surface area contributed by atoms with E-state index in [0.717, 1.165) is 13.0 Å². The predicted molar refractivity (Wildman–Crippen MR) is 62.9 cm³/mol. The molecule has 0 saturated carbocycles. The monoisotopic (exact) mass is 221 g/mol. The molecule has 2 aromatic rings. The molecule has 0 amide bonds. The van der Waals surface area contributed by atoms with Gasteiger partial charge in [0.1, 0.15) is 0 Å². The Morgan fingerprint density at radius 1 is 1.47 bits per heavy atom. The molecule has 2 nitrogen and oxygen atoms in total. The Bertz CT molecular complexity index is 366. The highest BCUT2D eigenvalue weighted by Gasteiger charge is 2.09. The Balaban J connectivity index is 1.92. The van der Waals surface area contributed by atoms with Crippen LogP contribution in [-0.2, 0) is 6.54 Å². The van der Waals surface area contributed by atoms with Crippen molar-refractivity contribution >= 4 is 11.3 Å². The first-order valence-corrected chi connectivity index (χ1v) is 6.06. The molecule has 2 heterocycles. The third-order valence-electron chi connectivity index (χ3n) is 2.43. The van der Waals surface area contributed by atoms with Gasteiger partial charge in [-0.15, -0.1) is 11.3 Å². The van der Waals surface area contributed by atoms with Crippen molar-refractivity contribution in [2.24, 2.45) is 0 Å². The number of hydrogen-bond donors (Lipinski definition) is 1. The predicted octanol–water partition coefficient (Wildman–Crippen LogP) is 3.58. The van der Waals surface area contributed by atoms with Gasteiger partial charge in [-0.25, -0.2) is 0 Å². The number of hydrogen-bond acceptors (Lipinski definition) is 3. The third kappa shape index (κ3) is 2.70. The van der Waals surface area contributed by atoms with Gasteiger partial charge >= 0.3 is 0 Å². The fourth-order valence-electron chi connectivity index (χ4n) is 1.57. The van der Waals surface area contributed by atoms with Crippen LogP contribution < -0.4 is 5.32 Å². The van der Waals surface area contributed by atoms with E-state index in [-0.39, 0.29) is 0 Å². The first kappa shape index (κ1) is 10.5. The van der Waals surface area contributed by atoms with E-state index in [4.69, 9.17) is 4.42 Å². The topological polar surface area (TPSA) is 25.2 Å². The van der Waals surface area contributed by atoms with E-state index in [1.165, 1.54) is 10.4 Å². The molecule has 0 spiro atoms. The molecule has 0 aliphatic rings. The summed E-state index contributed by atoms with van der Waals surface area (Å²) in [7, 11) is 0. The van der Waals surface area contributed by atoms with Gasteiger partial charge in [-0.2, -0.15) is 0 Å². The van der Waals surface area contributed by atoms with E-state index in [1.807, 2.05) is 6.07 Å². The molecular weight excluding hydrogens is 206 g/mol. The maximum atomic E-state index is 5.03. The standard InChI is InChI=1S/C12H15NOS/c1-2-11(12-4-3-7-15-12)13-8-10-5-6-14-9-10/h3-7,9,11,13H,2,8H2,1H3. The lowest BCUT2D eigenvalue weighted by Crippen LogP contribution is -2.18. The molecule has 0 aliphatic heterocycles. The highest BCUT2D eigenvalue weighted by molar-refractivity contribution is 7.10.